The highest BCUT2D eigenvalue weighted by Crippen LogP contribution is 2.31. The summed E-state index contributed by atoms with van der Waals surface area (Å²) in [7, 11) is 1.38. The van der Waals surface area contributed by atoms with Gasteiger partial charge in [0.2, 0.25) is 0 Å². The number of nitrogens with zero attached hydrogens (tertiary/aromatic N) is 1. The van der Waals surface area contributed by atoms with Gasteiger partial charge in [0.15, 0.2) is 18.1 Å². The lowest BCUT2D eigenvalue weighted by Crippen LogP contribution is -2.18. The van der Waals surface area contributed by atoms with Crippen LogP contribution in [0.4, 0.5) is 5.69 Å². The highest BCUT2D eigenvalue weighted by molar-refractivity contribution is 5.75. The van der Waals surface area contributed by atoms with E-state index in [1.54, 1.807) is 12.1 Å². The van der Waals surface area contributed by atoms with Gasteiger partial charge in [0.25, 0.3) is 5.69 Å². The van der Waals surface area contributed by atoms with Crippen LogP contribution in [0.2, 0.25) is 0 Å². The zero-order valence-corrected chi connectivity index (χ0v) is 14.2. The predicted octanol–water partition coefficient (Wildman–Crippen LogP) is 3.71. The smallest absolute Gasteiger partial charge is 0.349 e. The van der Waals surface area contributed by atoms with Crippen molar-refractivity contribution in [3.05, 3.63) is 58.1 Å². The molecule has 0 aliphatic rings. The molecule has 2 aromatic carbocycles. The molecule has 2 aromatic rings. The highest BCUT2D eigenvalue weighted by Gasteiger charge is 2.16. The maximum absolute atomic E-state index is 11.9. The van der Waals surface area contributed by atoms with Crippen LogP contribution in [0.25, 0.3) is 0 Å². The van der Waals surface area contributed by atoms with Crippen molar-refractivity contribution in [1.82, 2.24) is 0 Å². The Hall–Kier alpha value is -3.09. The number of carbonyl (C=O) groups excluding carboxylic acids is 1. The van der Waals surface area contributed by atoms with Gasteiger partial charge in [-0.05, 0) is 29.7 Å². The van der Waals surface area contributed by atoms with E-state index >= 15 is 0 Å². The maximum atomic E-state index is 11.9. The van der Waals surface area contributed by atoms with Crippen molar-refractivity contribution < 1.29 is 23.9 Å². The Labute approximate surface area is 145 Å². The fraction of sp³-hybridized carbons (Fsp3) is 0.278. The summed E-state index contributed by atoms with van der Waals surface area (Å²) in [6.07, 6.45) is 0. The summed E-state index contributed by atoms with van der Waals surface area (Å²) in [6.45, 7) is 3.84. The third-order valence-electron chi connectivity index (χ3n) is 3.49. The lowest BCUT2D eigenvalue weighted by molar-refractivity contribution is -0.384. The van der Waals surface area contributed by atoms with Gasteiger partial charge < -0.3 is 14.2 Å². The van der Waals surface area contributed by atoms with Crippen molar-refractivity contribution in [1.29, 1.82) is 0 Å². The lowest BCUT2D eigenvalue weighted by Gasteiger charge is -2.10. The molecular weight excluding hydrogens is 326 g/mol. The van der Waals surface area contributed by atoms with Crippen LogP contribution in [0.3, 0.4) is 0 Å². The number of benzene rings is 2. The topological polar surface area (TPSA) is 87.9 Å². The van der Waals surface area contributed by atoms with Gasteiger partial charge in [-0.2, -0.15) is 0 Å². The summed E-state index contributed by atoms with van der Waals surface area (Å²) in [5.41, 5.74) is 0.963. The van der Waals surface area contributed by atoms with E-state index in [-0.39, 0.29) is 23.8 Å². The van der Waals surface area contributed by atoms with E-state index in [1.807, 2.05) is 12.1 Å². The van der Waals surface area contributed by atoms with E-state index in [2.05, 4.69) is 13.8 Å². The molecule has 0 radical (unpaired) electrons. The third-order valence-corrected chi connectivity index (χ3v) is 3.49. The zero-order valence-electron chi connectivity index (χ0n) is 14.2. The van der Waals surface area contributed by atoms with Gasteiger partial charge in [-0.3, -0.25) is 10.1 Å². The minimum Gasteiger partial charge on any atom is -0.493 e. The molecule has 0 fully saturated rings. The van der Waals surface area contributed by atoms with Crippen LogP contribution >= 0.6 is 0 Å². The average Bonchev–Trinajstić information content (AvgIpc) is 2.60. The zero-order chi connectivity index (χ0) is 18.4. The Bertz CT molecular complexity index is 755. The van der Waals surface area contributed by atoms with Gasteiger partial charge in [-0.25, -0.2) is 4.79 Å². The molecule has 0 spiro atoms. The maximum Gasteiger partial charge on any atom is 0.349 e. The molecule has 0 aromatic heterocycles. The molecule has 0 unspecified atom stereocenters. The van der Waals surface area contributed by atoms with Crippen LogP contribution in [-0.2, 0) is 4.79 Å². The van der Waals surface area contributed by atoms with Crippen LogP contribution in [-0.4, -0.2) is 24.6 Å². The number of hydrogen-bond acceptors (Lipinski definition) is 6. The number of carbonyl (C=O) groups is 1. The van der Waals surface area contributed by atoms with Crippen molar-refractivity contribution in [3.8, 4) is 17.2 Å². The molecule has 7 nitrogen and oxygen atoms in total. The van der Waals surface area contributed by atoms with Crippen LogP contribution in [0.5, 0.6) is 17.2 Å². The molecule has 0 saturated carbocycles. The van der Waals surface area contributed by atoms with Gasteiger partial charge in [-0.15, -0.1) is 0 Å². The molecule has 0 heterocycles. The number of nitro benzene ring substituents is 1. The molecular formula is C18H19NO6. The molecule has 132 valence electrons. The number of rotatable bonds is 7. The monoisotopic (exact) mass is 345 g/mol. The SMILES string of the molecule is COc1ccc([N+](=O)[O-])cc1OC(=O)COc1ccc(C(C)C)cc1. The molecule has 0 atom stereocenters. The predicted molar refractivity (Wildman–Crippen MR) is 91.3 cm³/mol. The summed E-state index contributed by atoms with van der Waals surface area (Å²) < 4.78 is 15.5. The first-order chi connectivity index (χ1) is 11.9. The van der Waals surface area contributed by atoms with Crippen LogP contribution in [0.15, 0.2) is 42.5 Å². The Morgan fingerprint density at radius 1 is 1.12 bits per heavy atom. The van der Waals surface area contributed by atoms with Crippen molar-refractivity contribution in [2.75, 3.05) is 13.7 Å². The molecule has 0 amide bonds. The second kappa shape index (κ2) is 8.14. The highest BCUT2D eigenvalue weighted by atomic mass is 16.6. The minimum atomic E-state index is -0.688. The number of esters is 1. The minimum absolute atomic E-state index is 0.0274. The normalized spacial score (nSPS) is 10.4. The first kappa shape index (κ1) is 18.3. The molecule has 0 aliphatic heterocycles. The van der Waals surface area contributed by atoms with Gasteiger partial charge >= 0.3 is 5.97 Å². The average molecular weight is 345 g/mol. The van der Waals surface area contributed by atoms with Crippen molar-refractivity contribution in [2.45, 2.75) is 19.8 Å². The Balaban J connectivity index is 2.00. The second-order valence-corrected chi connectivity index (χ2v) is 5.58. The first-order valence-electron chi connectivity index (χ1n) is 7.66. The van der Waals surface area contributed by atoms with Crippen molar-refractivity contribution in [2.24, 2.45) is 0 Å². The van der Waals surface area contributed by atoms with E-state index < -0.39 is 10.9 Å². The summed E-state index contributed by atoms with van der Waals surface area (Å²) in [5.74, 6) is 0.445. The molecule has 0 aliphatic carbocycles. The third kappa shape index (κ3) is 4.94. The second-order valence-electron chi connectivity index (χ2n) is 5.58. The molecule has 25 heavy (non-hydrogen) atoms. The number of ether oxygens (including phenoxy) is 3. The van der Waals surface area contributed by atoms with E-state index in [4.69, 9.17) is 14.2 Å². The quantitative estimate of drug-likeness (QED) is 0.329. The largest absolute Gasteiger partial charge is 0.493 e. The number of non-ortho nitro benzene ring substituents is 1. The van der Waals surface area contributed by atoms with Crippen molar-refractivity contribution >= 4 is 11.7 Å². The summed E-state index contributed by atoms with van der Waals surface area (Å²) >= 11 is 0. The van der Waals surface area contributed by atoms with E-state index in [9.17, 15) is 14.9 Å². The molecule has 2 rings (SSSR count). The lowest BCUT2D eigenvalue weighted by atomic mass is 10.0. The fourth-order valence-corrected chi connectivity index (χ4v) is 2.10. The van der Waals surface area contributed by atoms with Gasteiger partial charge in [0.05, 0.1) is 18.1 Å². The molecule has 7 heteroatoms. The number of methoxy groups -OCH3 is 1. The molecule has 0 saturated heterocycles. The van der Waals surface area contributed by atoms with Crippen LogP contribution in [0, 0.1) is 10.1 Å². The summed E-state index contributed by atoms with van der Waals surface area (Å²) in [5, 5.41) is 10.8. The van der Waals surface area contributed by atoms with Gasteiger partial charge in [0, 0.05) is 6.07 Å². The van der Waals surface area contributed by atoms with Crippen molar-refractivity contribution in [3.63, 3.8) is 0 Å². The molecule has 0 N–H and O–H groups in total. The van der Waals surface area contributed by atoms with E-state index in [1.165, 1.54) is 19.2 Å². The summed E-state index contributed by atoms with van der Waals surface area (Å²) in [6, 6.07) is 11.2. The Morgan fingerprint density at radius 2 is 1.80 bits per heavy atom. The van der Waals surface area contributed by atoms with Gasteiger partial charge in [-0.1, -0.05) is 26.0 Å². The Kier molecular flexibility index (Phi) is 5.94. The van der Waals surface area contributed by atoms with E-state index in [0.29, 0.717) is 11.7 Å². The molecule has 0 bridgehead atoms. The van der Waals surface area contributed by atoms with Gasteiger partial charge in [0.1, 0.15) is 5.75 Å². The first-order valence-corrected chi connectivity index (χ1v) is 7.66. The van der Waals surface area contributed by atoms with Crippen LogP contribution < -0.4 is 14.2 Å². The van der Waals surface area contributed by atoms with E-state index in [0.717, 1.165) is 11.6 Å². The fourth-order valence-electron chi connectivity index (χ4n) is 2.10. The standard InChI is InChI=1S/C18H19NO6/c1-12(2)13-4-7-15(8-5-13)24-11-18(20)25-17-10-14(19(21)22)6-9-16(17)23-3/h4-10,12H,11H2,1-3H3. The number of hydrogen-bond donors (Lipinski definition) is 0. The Morgan fingerprint density at radius 3 is 2.36 bits per heavy atom. The van der Waals surface area contributed by atoms with Crippen LogP contribution in [0.1, 0.15) is 25.3 Å². The number of nitro groups is 1. The summed E-state index contributed by atoms with van der Waals surface area (Å²) in [4.78, 5) is 22.2.